The van der Waals surface area contributed by atoms with Crippen LogP contribution in [0, 0.1) is 11.6 Å². The number of alkyl carbamates (subject to hydrolysis) is 1. The number of nitrogens with one attached hydrogen (secondary N) is 2. The third-order valence-corrected chi connectivity index (χ3v) is 10.7. The monoisotopic (exact) mass is 505 g/mol. The Morgan fingerprint density at radius 2 is 1.80 bits per heavy atom. The van der Waals surface area contributed by atoms with Crippen LogP contribution in [0.2, 0.25) is 18.1 Å². The number of ether oxygens (including phenoxy) is 2. The Morgan fingerprint density at radius 1 is 1.17 bits per heavy atom. The van der Waals surface area contributed by atoms with Gasteiger partial charge in [0.2, 0.25) is 0 Å². The van der Waals surface area contributed by atoms with Crippen molar-refractivity contribution in [2.75, 3.05) is 13.7 Å². The second-order valence-electron chi connectivity index (χ2n) is 10.0. The topological polar surface area (TPSA) is 81.2 Å². The fourth-order valence-electron chi connectivity index (χ4n) is 3.38. The highest BCUT2D eigenvalue weighted by Gasteiger charge is 2.42. The Kier molecular flexibility index (Phi) is 8.04. The largest absolute Gasteiger partial charge is 0.497 e. The lowest BCUT2D eigenvalue weighted by Crippen LogP contribution is -2.45. The third kappa shape index (κ3) is 6.30. The zero-order valence-electron chi connectivity index (χ0n) is 20.9. The van der Waals surface area contributed by atoms with Gasteiger partial charge in [0.1, 0.15) is 30.0 Å². The van der Waals surface area contributed by atoms with Crippen molar-refractivity contribution < 1.29 is 27.6 Å². The molecule has 0 aromatic heterocycles. The Labute approximate surface area is 206 Å². The molecule has 0 aliphatic carbocycles. The van der Waals surface area contributed by atoms with Crippen LogP contribution in [0.15, 0.2) is 47.6 Å². The number of nitrogens with zero attached hydrogens (tertiary/aromatic N) is 1. The van der Waals surface area contributed by atoms with Crippen LogP contribution >= 0.6 is 0 Å². The Hall–Kier alpha value is -3.14. The Morgan fingerprint density at radius 3 is 2.37 bits per heavy atom. The molecule has 1 aliphatic rings. The summed E-state index contributed by atoms with van der Waals surface area (Å²) in [5, 5.41) is 9.98. The second-order valence-corrected chi connectivity index (χ2v) is 14.7. The summed E-state index contributed by atoms with van der Waals surface area (Å²) in [6.07, 6.45) is -0.734. The molecule has 1 fully saturated rings. The van der Waals surface area contributed by atoms with E-state index in [-0.39, 0.29) is 35.3 Å². The highest BCUT2D eigenvalue weighted by atomic mass is 28.4. The van der Waals surface area contributed by atoms with Gasteiger partial charge in [0, 0.05) is 30.2 Å². The van der Waals surface area contributed by atoms with Gasteiger partial charge in [-0.05, 0) is 23.7 Å². The molecule has 2 N–H and O–H groups in total. The molecule has 3 rings (SSSR count). The summed E-state index contributed by atoms with van der Waals surface area (Å²) >= 11 is 0. The van der Waals surface area contributed by atoms with Crippen LogP contribution < -0.4 is 15.4 Å². The number of halogens is 2. The molecule has 2 aromatic carbocycles. The molecule has 2 atom stereocenters. The van der Waals surface area contributed by atoms with Gasteiger partial charge in [-0.1, -0.05) is 56.3 Å². The molecule has 10 heteroatoms. The fraction of sp³-hybridized carbons (Fsp3) is 0.440. The molecule has 1 amide bonds. The SMILES string of the molecule is COc1cc(F)c(C2CN/C(=N\O[Si](C)(C)C(C)(C)C)C2NC(=O)OCc2ccccc2)c(F)c1. The number of carbonyl (C=O) groups excluding carboxylic acids is 1. The van der Waals surface area contributed by atoms with E-state index in [2.05, 4.69) is 36.6 Å². The van der Waals surface area contributed by atoms with Crippen molar-refractivity contribution in [1.82, 2.24) is 10.6 Å². The molecular weight excluding hydrogens is 472 g/mol. The first-order valence-corrected chi connectivity index (χ1v) is 14.3. The van der Waals surface area contributed by atoms with Crippen molar-refractivity contribution in [3.05, 3.63) is 65.2 Å². The summed E-state index contributed by atoms with van der Waals surface area (Å²) in [5.74, 6) is -1.98. The first-order valence-electron chi connectivity index (χ1n) is 11.4. The van der Waals surface area contributed by atoms with E-state index in [0.717, 1.165) is 17.7 Å². The van der Waals surface area contributed by atoms with Crippen molar-refractivity contribution in [3.63, 3.8) is 0 Å². The highest BCUT2D eigenvalue weighted by molar-refractivity contribution is 6.74. The molecule has 1 heterocycles. The number of hydrogen-bond donors (Lipinski definition) is 2. The van der Waals surface area contributed by atoms with Crippen LogP contribution in [0.25, 0.3) is 0 Å². The molecule has 0 bridgehead atoms. The molecular formula is C25H33F2N3O4Si. The van der Waals surface area contributed by atoms with E-state index in [0.29, 0.717) is 0 Å². The summed E-state index contributed by atoms with van der Waals surface area (Å²) in [5.41, 5.74) is 0.635. The predicted molar refractivity (Wildman–Crippen MR) is 133 cm³/mol. The molecule has 1 aliphatic heterocycles. The molecule has 1 saturated heterocycles. The molecule has 2 unspecified atom stereocenters. The molecule has 2 aromatic rings. The van der Waals surface area contributed by atoms with Gasteiger partial charge in [0.25, 0.3) is 8.32 Å². The summed E-state index contributed by atoms with van der Waals surface area (Å²) in [4.78, 5) is 12.7. The Bertz CT molecular complexity index is 1050. The molecule has 0 radical (unpaired) electrons. The number of oxime groups is 1. The normalized spacial score (nSPS) is 19.3. The highest BCUT2D eigenvalue weighted by Crippen LogP contribution is 2.37. The summed E-state index contributed by atoms with van der Waals surface area (Å²) in [6.45, 7) is 10.5. The van der Waals surface area contributed by atoms with Crippen molar-refractivity contribution in [1.29, 1.82) is 0 Å². The molecule has 0 saturated carbocycles. The van der Waals surface area contributed by atoms with E-state index in [9.17, 15) is 13.6 Å². The zero-order valence-corrected chi connectivity index (χ0v) is 21.9. The van der Waals surface area contributed by atoms with Gasteiger partial charge >= 0.3 is 6.09 Å². The van der Waals surface area contributed by atoms with E-state index in [1.165, 1.54) is 7.11 Å². The van der Waals surface area contributed by atoms with E-state index in [1.54, 1.807) is 0 Å². The predicted octanol–water partition coefficient (Wildman–Crippen LogP) is 5.29. The third-order valence-electron chi connectivity index (χ3n) is 6.52. The van der Waals surface area contributed by atoms with E-state index in [4.69, 9.17) is 14.0 Å². The standard InChI is InChI=1S/C25H33F2N3O4Si/c1-25(2,3)35(5,6)34-30-23-22(29-24(31)33-15-16-10-8-7-9-11-16)18(14-28-23)21-19(26)12-17(32-4)13-20(21)27/h7-13,18,22H,14-15H2,1-6H3,(H,28,30)(H,29,31). The van der Waals surface area contributed by atoms with Gasteiger partial charge in [-0.25, -0.2) is 13.6 Å². The van der Waals surface area contributed by atoms with Crippen LogP contribution in [0.3, 0.4) is 0 Å². The maximum absolute atomic E-state index is 14.9. The van der Waals surface area contributed by atoms with E-state index < -0.39 is 38.0 Å². The molecule has 0 spiro atoms. The van der Waals surface area contributed by atoms with Gasteiger partial charge in [-0.2, -0.15) is 0 Å². The lowest BCUT2D eigenvalue weighted by atomic mass is 9.92. The van der Waals surface area contributed by atoms with Crippen molar-refractivity contribution in [3.8, 4) is 5.75 Å². The fourth-order valence-corrected chi connectivity index (χ4v) is 3.99. The Balaban J connectivity index is 1.87. The number of rotatable bonds is 7. The number of hydrogen-bond acceptors (Lipinski definition) is 5. The number of methoxy groups -OCH3 is 1. The minimum Gasteiger partial charge on any atom is -0.497 e. The lowest BCUT2D eigenvalue weighted by Gasteiger charge is -2.33. The molecule has 7 nitrogen and oxygen atoms in total. The zero-order chi connectivity index (χ0) is 25.8. The first-order chi connectivity index (χ1) is 16.4. The first kappa shape index (κ1) is 26.5. The van der Waals surface area contributed by atoms with Crippen LogP contribution in [0.5, 0.6) is 5.75 Å². The minimum atomic E-state index is -2.27. The van der Waals surface area contributed by atoms with Crippen LogP contribution in [-0.4, -0.2) is 39.9 Å². The quantitative estimate of drug-likeness (QED) is 0.395. The van der Waals surface area contributed by atoms with Gasteiger partial charge in [0.15, 0.2) is 5.84 Å². The molecule has 35 heavy (non-hydrogen) atoms. The summed E-state index contributed by atoms with van der Waals surface area (Å²) in [7, 11) is -0.939. The average molecular weight is 506 g/mol. The van der Waals surface area contributed by atoms with Gasteiger partial charge in [-0.3, -0.25) is 0 Å². The van der Waals surface area contributed by atoms with E-state index >= 15 is 0 Å². The molecule has 190 valence electrons. The van der Waals surface area contributed by atoms with Gasteiger partial charge in [-0.15, -0.1) is 0 Å². The number of carbonyl (C=O) groups is 1. The number of amides is 1. The maximum atomic E-state index is 14.9. The number of amidine groups is 1. The maximum Gasteiger partial charge on any atom is 0.408 e. The number of benzene rings is 2. The van der Waals surface area contributed by atoms with Crippen molar-refractivity contribution >= 4 is 20.2 Å². The average Bonchev–Trinajstić information content (AvgIpc) is 3.17. The minimum absolute atomic E-state index is 0.0513. The van der Waals surface area contributed by atoms with Crippen LogP contribution in [0.4, 0.5) is 13.6 Å². The van der Waals surface area contributed by atoms with E-state index in [1.807, 2.05) is 43.4 Å². The van der Waals surface area contributed by atoms with Crippen molar-refractivity contribution in [2.45, 2.75) is 57.5 Å². The van der Waals surface area contributed by atoms with Gasteiger partial charge < -0.3 is 24.6 Å². The van der Waals surface area contributed by atoms with Crippen LogP contribution in [0.1, 0.15) is 37.8 Å². The van der Waals surface area contributed by atoms with Crippen molar-refractivity contribution in [2.24, 2.45) is 5.16 Å². The van der Waals surface area contributed by atoms with Gasteiger partial charge in [0.05, 0.1) is 7.11 Å². The summed E-state index contributed by atoms with van der Waals surface area (Å²) < 4.78 is 46.1. The smallest absolute Gasteiger partial charge is 0.408 e. The van der Waals surface area contributed by atoms with Crippen LogP contribution in [-0.2, 0) is 15.9 Å². The summed E-state index contributed by atoms with van der Waals surface area (Å²) in [6, 6.07) is 10.5. The second kappa shape index (κ2) is 10.6. The lowest BCUT2D eigenvalue weighted by molar-refractivity contribution is 0.137.